The lowest BCUT2D eigenvalue weighted by Crippen LogP contribution is -2.52. The molecule has 6 heteroatoms. The average Bonchev–Trinajstić information content (AvgIpc) is 2.76. The van der Waals surface area contributed by atoms with Crippen molar-refractivity contribution < 1.29 is 13.6 Å². The molecule has 0 saturated carbocycles. The molecular formula is C23H27F2N3O. The van der Waals surface area contributed by atoms with Crippen molar-refractivity contribution in [3.63, 3.8) is 0 Å². The van der Waals surface area contributed by atoms with Gasteiger partial charge in [-0.3, -0.25) is 9.69 Å². The number of carbonyl (C=O) groups is 1. The van der Waals surface area contributed by atoms with Gasteiger partial charge in [-0.25, -0.2) is 8.78 Å². The Morgan fingerprint density at radius 3 is 2.38 bits per heavy atom. The van der Waals surface area contributed by atoms with Gasteiger partial charge >= 0.3 is 0 Å². The minimum absolute atomic E-state index is 0.00390. The van der Waals surface area contributed by atoms with Gasteiger partial charge in [0.2, 0.25) is 5.91 Å². The number of halogens is 2. The number of hydrogen-bond acceptors (Lipinski definition) is 3. The summed E-state index contributed by atoms with van der Waals surface area (Å²) in [6.07, 6.45) is 1.90. The predicted octanol–water partition coefficient (Wildman–Crippen LogP) is 3.53. The maximum atomic E-state index is 14.0. The molecule has 4 rings (SSSR count). The fourth-order valence-corrected chi connectivity index (χ4v) is 4.38. The standard InChI is InChI=1S/C23H27F2N3O/c24-20-9-7-18(8-10-20)16-26-11-3-4-19(17-26)23(29)28-14-12-27(13-15-28)22-6-2-1-5-21(22)25/h1-2,5-10,19H,3-4,11-17H2/t19-/m1/s1. The Kier molecular flexibility index (Phi) is 6.09. The molecule has 154 valence electrons. The second-order valence-electron chi connectivity index (χ2n) is 7.96. The van der Waals surface area contributed by atoms with E-state index in [1.807, 2.05) is 28.0 Å². The van der Waals surface area contributed by atoms with Crippen LogP contribution in [-0.2, 0) is 11.3 Å². The number of piperidine rings is 1. The highest BCUT2D eigenvalue weighted by atomic mass is 19.1. The summed E-state index contributed by atoms with van der Waals surface area (Å²) in [7, 11) is 0. The number of para-hydroxylation sites is 1. The molecule has 0 radical (unpaired) electrons. The molecule has 2 aromatic rings. The number of nitrogens with zero attached hydrogens (tertiary/aromatic N) is 3. The summed E-state index contributed by atoms with van der Waals surface area (Å²) in [5, 5.41) is 0. The SMILES string of the molecule is O=C([C@@H]1CCCN(Cc2ccc(F)cc2)C1)N1CCN(c2ccccc2F)CC1. The van der Waals surface area contributed by atoms with Gasteiger partial charge in [0.15, 0.2) is 0 Å². The first-order valence-electron chi connectivity index (χ1n) is 10.4. The molecule has 2 aliphatic heterocycles. The molecule has 2 aliphatic rings. The van der Waals surface area contributed by atoms with Crippen molar-refractivity contribution in [2.75, 3.05) is 44.2 Å². The van der Waals surface area contributed by atoms with Crippen LogP contribution < -0.4 is 4.90 Å². The lowest BCUT2D eigenvalue weighted by atomic mass is 9.95. The van der Waals surface area contributed by atoms with Crippen molar-refractivity contribution in [1.82, 2.24) is 9.80 Å². The van der Waals surface area contributed by atoms with Gasteiger partial charge in [-0.05, 0) is 49.2 Å². The average molecular weight is 399 g/mol. The highest BCUT2D eigenvalue weighted by Gasteiger charge is 2.31. The van der Waals surface area contributed by atoms with Gasteiger partial charge in [-0.2, -0.15) is 0 Å². The summed E-state index contributed by atoms with van der Waals surface area (Å²) in [4.78, 5) is 19.3. The molecule has 0 aliphatic carbocycles. The van der Waals surface area contributed by atoms with Crippen molar-refractivity contribution >= 4 is 11.6 Å². The Balaban J connectivity index is 1.31. The van der Waals surface area contributed by atoms with E-state index in [4.69, 9.17) is 0 Å². The topological polar surface area (TPSA) is 26.8 Å². The number of amides is 1. The van der Waals surface area contributed by atoms with Gasteiger partial charge < -0.3 is 9.80 Å². The highest BCUT2D eigenvalue weighted by molar-refractivity contribution is 5.79. The van der Waals surface area contributed by atoms with Gasteiger partial charge in [0.05, 0.1) is 11.6 Å². The highest BCUT2D eigenvalue weighted by Crippen LogP contribution is 2.24. The van der Waals surface area contributed by atoms with Crippen LogP contribution in [0.2, 0.25) is 0 Å². The van der Waals surface area contributed by atoms with Gasteiger partial charge in [0.1, 0.15) is 11.6 Å². The number of piperazine rings is 1. The summed E-state index contributed by atoms with van der Waals surface area (Å²) in [5.41, 5.74) is 1.68. The lowest BCUT2D eigenvalue weighted by Gasteiger charge is -2.39. The van der Waals surface area contributed by atoms with Crippen LogP contribution >= 0.6 is 0 Å². The van der Waals surface area contributed by atoms with Crippen molar-refractivity contribution in [1.29, 1.82) is 0 Å². The van der Waals surface area contributed by atoms with Crippen LogP contribution in [-0.4, -0.2) is 55.0 Å². The van der Waals surface area contributed by atoms with Crippen molar-refractivity contribution in [2.24, 2.45) is 5.92 Å². The molecule has 29 heavy (non-hydrogen) atoms. The molecule has 2 fully saturated rings. The third-order valence-corrected chi connectivity index (χ3v) is 5.96. The Labute approximate surface area is 170 Å². The number of hydrogen-bond donors (Lipinski definition) is 0. The van der Waals surface area contributed by atoms with E-state index in [9.17, 15) is 13.6 Å². The number of anilines is 1. The Morgan fingerprint density at radius 2 is 1.66 bits per heavy atom. The molecule has 0 unspecified atom stereocenters. The fraction of sp³-hybridized carbons (Fsp3) is 0.435. The van der Waals surface area contributed by atoms with E-state index in [0.29, 0.717) is 31.9 Å². The molecule has 0 bridgehead atoms. The van der Waals surface area contributed by atoms with Crippen molar-refractivity contribution in [3.8, 4) is 0 Å². The van der Waals surface area contributed by atoms with E-state index in [-0.39, 0.29) is 23.5 Å². The fourth-order valence-electron chi connectivity index (χ4n) is 4.38. The van der Waals surface area contributed by atoms with Crippen LogP contribution in [0.3, 0.4) is 0 Å². The van der Waals surface area contributed by atoms with Crippen molar-refractivity contribution in [2.45, 2.75) is 19.4 Å². The van der Waals surface area contributed by atoms with E-state index in [1.165, 1.54) is 18.2 Å². The zero-order chi connectivity index (χ0) is 20.2. The lowest BCUT2D eigenvalue weighted by molar-refractivity contribution is -0.137. The Bertz CT molecular complexity index is 834. The molecule has 0 spiro atoms. The minimum Gasteiger partial charge on any atom is -0.366 e. The maximum absolute atomic E-state index is 14.0. The number of likely N-dealkylation sites (tertiary alicyclic amines) is 1. The quantitative estimate of drug-likeness (QED) is 0.787. The van der Waals surface area contributed by atoms with Crippen LogP contribution in [0.4, 0.5) is 14.5 Å². The van der Waals surface area contributed by atoms with E-state index in [0.717, 1.165) is 38.0 Å². The van der Waals surface area contributed by atoms with Crippen molar-refractivity contribution in [3.05, 3.63) is 65.7 Å². The molecule has 2 heterocycles. The summed E-state index contributed by atoms with van der Waals surface area (Å²) >= 11 is 0. The Hall–Kier alpha value is -2.47. The molecule has 0 aromatic heterocycles. The maximum Gasteiger partial charge on any atom is 0.227 e. The zero-order valence-electron chi connectivity index (χ0n) is 16.6. The normalized spacial score (nSPS) is 20.7. The second-order valence-corrected chi connectivity index (χ2v) is 7.96. The number of benzene rings is 2. The summed E-state index contributed by atoms with van der Waals surface area (Å²) < 4.78 is 27.1. The third-order valence-electron chi connectivity index (χ3n) is 5.96. The molecule has 2 saturated heterocycles. The Morgan fingerprint density at radius 1 is 0.931 bits per heavy atom. The van der Waals surface area contributed by atoms with E-state index in [1.54, 1.807) is 12.1 Å². The zero-order valence-corrected chi connectivity index (χ0v) is 16.6. The summed E-state index contributed by atoms with van der Waals surface area (Å²) in [6.45, 7) is 5.00. The van der Waals surface area contributed by atoms with Crippen LogP contribution in [0, 0.1) is 17.6 Å². The summed E-state index contributed by atoms with van der Waals surface area (Å²) in [5.74, 6) is -0.225. The second kappa shape index (κ2) is 8.91. The molecule has 4 nitrogen and oxygen atoms in total. The van der Waals surface area contributed by atoms with Gasteiger partial charge in [0.25, 0.3) is 0 Å². The van der Waals surface area contributed by atoms with Gasteiger partial charge in [-0.15, -0.1) is 0 Å². The molecule has 2 aromatic carbocycles. The van der Waals surface area contributed by atoms with E-state index in [2.05, 4.69) is 4.90 Å². The first-order valence-corrected chi connectivity index (χ1v) is 10.4. The van der Waals surface area contributed by atoms with Crippen LogP contribution in [0.5, 0.6) is 0 Å². The third kappa shape index (κ3) is 4.75. The van der Waals surface area contributed by atoms with Gasteiger partial charge in [-0.1, -0.05) is 24.3 Å². The van der Waals surface area contributed by atoms with E-state index < -0.39 is 0 Å². The summed E-state index contributed by atoms with van der Waals surface area (Å²) in [6, 6.07) is 13.4. The first kappa shape index (κ1) is 19.8. The van der Waals surface area contributed by atoms with E-state index >= 15 is 0 Å². The number of rotatable bonds is 4. The largest absolute Gasteiger partial charge is 0.366 e. The molecule has 0 N–H and O–H groups in total. The minimum atomic E-state index is -0.227. The molecular weight excluding hydrogens is 372 g/mol. The first-order chi connectivity index (χ1) is 14.1. The smallest absolute Gasteiger partial charge is 0.227 e. The van der Waals surface area contributed by atoms with Gasteiger partial charge in [0, 0.05) is 39.3 Å². The number of carbonyl (C=O) groups excluding carboxylic acids is 1. The van der Waals surface area contributed by atoms with Crippen LogP contribution in [0.15, 0.2) is 48.5 Å². The molecule has 1 atom stereocenters. The predicted molar refractivity (Wildman–Crippen MR) is 110 cm³/mol. The van der Waals surface area contributed by atoms with Crippen LogP contribution in [0.1, 0.15) is 18.4 Å². The molecule has 1 amide bonds. The monoisotopic (exact) mass is 399 g/mol. The van der Waals surface area contributed by atoms with Crippen LogP contribution in [0.25, 0.3) is 0 Å².